The second kappa shape index (κ2) is 40.1. The minimum Gasteiger partial charge on any atom is -0.778 e. The molecular weight excluding hydrogens is 1420 g/mol. The number of carbonyl (C=O) groups excluding carboxylic acids is 5. The Morgan fingerprint density at radius 3 is 2.02 bits per heavy atom. The van der Waals surface area contributed by atoms with Crippen LogP contribution in [0.1, 0.15) is 74.0 Å². The summed E-state index contributed by atoms with van der Waals surface area (Å²) in [5.74, 6) is -4.41. The molecule has 3 atom stereocenters. The van der Waals surface area contributed by atoms with Gasteiger partial charge in [0.15, 0.2) is 32.0 Å². The number of aliphatic carboxylic acids is 1. The molecule has 1 aliphatic heterocycles. The highest BCUT2D eigenvalue weighted by Crippen LogP contribution is 2.40. The summed E-state index contributed by atoms with van der Waals surface area (Å²) in [4.78, 5) is 110. The molecule has 5 aromatic rings. The number of aryl methyl sites for hydroxylation is 2. The van der Waals surface area contributed by atoms with E-state index in [9.17, 15) is 80.0 Å². The molecule has 528 valence electrons. The lowest BCUT2D eigenvalue weighted by Gasteiger charge is -2.35. The topological polar surface area (TPSA) is 359 Å². The largest absolute Gasteiger partial charge is 0.778 e. The maximum atomic E-state index is 12.6. The molecule has 1 fully saturated rings. The number of nitrogens with zero attached hydrogens (tertiary/aromatic N) is 4. The van der Waals surface area contributed by atoms with Crippen molar-refractivity contribution >= 4 is 133 Å². The number of nitro benzene ring substituents is 2. The number of amides is 2. The van der Waals surface area contributed by atoms with Gasteiger partial charge in [-0.25, -0.2) is 8.42 Å². The van der Waals surface area contributed by atoms with E-state index in [2.05, 4.69) is 31.8 Å². The lowest BCUT2D eigenvalue weighted by Crippen LogP contribution is -2.47. The van der Waals surface area contributed by atoms with Crippen LogP contribution >= 0.6 is 54.0 Å². The highest BCUT2D eigenvalue weighted by molar-refractivity contribution is 7.94. The molecule has 1 aliphatic carbocycles. The van der Waals surface area contributed by atoms with E-state index in [-0.39, 0.29) is 82.1 Å². The second-order valence-electron chi connectivity index (χ2n) is 21.0. The number of alkyl halides is 6. The van der Waals surface area contributed by atoms with Gasteiger partial charge in [-0.3, -0.25) is 54.3 Å². The van der Waals surface area contributed by atoms with Gasteiger partial charge < -0.3 is 48.2 Å². The lowest BCUT2D eigenvalue weighted by molar-refractivity contribution is -0.385. The van der Waals surface area contributed by atoms with Crippen LogP contribution in [0.3, 0.4) is 0 Å². The fraction of sp³-hybridized carbons (Fsp3) is 0.410. The summed E-state index contributed by atoms with van der Waals surface area (Å²) < 4.78 is 92.0. The fourth-order valence-corrected chi connectivity index (χ4v) is 10.3. The Morgan fingerprint density at radius 1 is 0.917 bits per heavy atom. The quantitative estimate of drug-likeness (QED) is 0.0124. The van der Waals surface area contributed by atoms with Gasteiger partial charge in [0, 0.05) is 44.4 Å². The van der Waals surface area contributed by atoms with E-state index in [0.717, 1.165) is 71.6 Å². The van der Waals surface area contributed by atoms with Gasteiger partial charge in [0.1, 0.15) is 43.2 Å². The zero-order valence-corrected chi connectivity index (χ0v) is 59.1. The molecule has 3 N–H and O–H groups in total. The van der Waals surface area contributed by atoms with Gasteiger partial charge in [0.2, 0.25) is 11.7 Å². The number of hydrogen-bond acceptors (Lipinski definition) is 19. The van der Waals surface area contributed by atoms with E-state index >= 15 is 0 Å². The number of anilines is 2. The number of ketones is 3. The smallest absolute Gasteiger partial charge is 0.416 e. The normalized spacial score (nSPS) is 14.4. The molecule has 0 radical (unpaired) electrons. The van der Waals surface area contributed by atoms with Crippen molar-refractivity contribution in [1.29, 1.82) is 0 Å². The van der Waals surface area contributed by atoms with Crippen LogP contribution < -0.4 is 34.2 Å². The van der Waals surface area contributed by atoms with E-state index in [1.807, 2.05) is 62.5 Å². The number of fused-ring (bicyclic) bond motifs is 1. The Balaban J connectivity index is 0.000000411. The second-order valence-corrected chi connectivity index (χ2v) is 28.8. The molecule has 2 aliphatic rings. The molecule has 0 bridgehead atoms. The highest BCUT2D eigenvalue weighted by atomic mass is 35.5. The average molecular weight is 1490 g/mol. The van der Waals surface area contributed by atoms with Crippen molar-refractivity contribution < 1.29 is 98.6 Å². The maximum absolute atomic E-state index is 12.6. The number of Topliss-reactive ketones (excluding diaryl/α,β-unsaturated/α-hetero) is 3. The third-order valence-corrected chi connectivity index (χ3v) is 15.4. The monoisotopic (exact) mass is 1490 g/mol. The number of benzene rings is 5. The number of para-hydroxylation sites is 3. The number of carboxylic acid groups (broad SMARTS) is 1. The van der Waals surface area contributed by atoms with Crippen molar-refractivity contribution in [2.45, 2.75) is 88.3 Å². The van der Waals surface area contributed by atoms with E-state index in [0.29, 0.717) is 36.3 Å². The Morgan fingerprint density at radius 2 is 1.52 bits per heavy atom. The zero-order chi connectivity index (χ0) is 73.2. The van der Waals surface area contributed by atoms with E-state index < -0.39 is 97.2 Å². The van der Waals surface area contributed by atoms with Crippen LogP contribution in [0.4, 0.5) is 35.9 Å². The van der Waals surface area contributed by atoms with Crippen LogP contribution in [-0.2, 0) is 66.6 Å². The standard InChI is InChI=1S/C15H11ClF3NO4.C15H22ClNO2.C14H13NO7S.C11H11Cl2NO2.C3H8NO5P.C3H9S/c1-2-23-14-8-10(4-5-12(14)20(21)22)24-13-6-3-9(7-11(13)16)15(17,18)19;1-5-13-8-6-7-11(2)15(13)17(14(18)9-16)12(3)10-19-4;1-23(21,22)8-5-6-9(10(7-8)15(19)20)14(18)13-11(16)3-2-4-12(13)17;1-7-6-16-9-5-3-2-4-8(9)14(7)11(15)10(12)13;5-3(6)1-4-2-10(7,8)9;1-4(2)3/h3-8H,2H2,1H3;6-8,12H,5,9-10H2,1-4H3;5-7,13H,2-4H2,1H3;2-5,7,10H,6H2,1H3;4H,1-2H2,(H,5,6)(H2,7,8,9);1-3H3/q;;;;;+1/p-1. The molecular formula is C61H73Cl4F3N5O20PS2. The number of carbonyl (C=O) groups is 6. The van der Waals surface area contributed by atoms with Crippen LogP contribution in [0.5, 0.6) is 23.0 Å². The van der Waals surface area contributed by atoms with Gasteiger partial charge in [-0.15, -0.1) is 11.6 Å². The van der Waals surface area contributed by atoms with E-state index in [1.54, 1.807) is 23.8 Å². The van der Waals surface area contributed by atoms with Gasteiger partial charge in [-0.2, -0.15) is 13.2 Å². The molecule has 1 heterocycles. The number of nitro groups is 2. The summed E-state index contributed by atoms with van der Waals surface area (Å²) in [6, 6.07) is 22.5. The Hall–Kier alpha value is -6.96. The van der Waals surface area contributed by atoms with Crippen molar-refractivity contribution in [2.75, 3.05) is 80.5 Å². The number of carboxylic acids is 1. The number of ether oxygens (including phenoxy) is 4. The Bertz CT molecular complexity index is 3680. The molecule has 5 aromatic carbocycles. The number of nitrogens with one attached hydrogen (secondary N) is 1. The molecule has 35 heteroatoms. The molecule has 2 amide bonds. The first-order chi connectivity index (χ1) is 44.7. The van der Waals surface area contributed by atoms with Gasteiger partial charge in [0.25, 0.3) is 11.6 Å². The minimum atomic E-state index is -4.52. The van der Waals surface area contributed by atoms with Crippen LogP contribution in [0.25, 0.3) is 0 Å². The van der Waals surface area contributed by atoms with Crippen LogP contribution in [0.2, 0.25) is 5.02 Å². The molecule has 0 spiro atoms. The number of halogens is 7. The van der Waals surface area contributed by atoms with E-state index in [4.69, 9.17) is 75.4 Å². The third-order valence-electron chi connectivity index (χ3n) is 12.8. The average Bonchev–Trinajstić information content (AvgIpc) is 0.808. The van der Waals surface area contributed by atoms with Crippen LogP contribution in [0.15, 0.2) is 102 Å². The van der Waals surface area contributed by atoms with Crippen LogP contribution in [-0.4, -0.2) is 151 Å². The predicted molar refractivity (Wildman–Crippen MR) is 359 cm³/mol. The lowest BCUT2D eigenvalue weighted by atomic mass is 9.81. The van der Waals surface area contributed by atoms with Crippen molar-refractivity contribution in [3.8, 4) is 23.0 Å². The SMILES string of the molecule is CC1COc2ccccc2N1C(=O)C(Cl)Cl.CCOc1cc(Oc2ccc(C(F)(F)F)cc2Cl)ccc1[N+](=O)[O-].CCc1cccc(C)c1N(C(=O)CCl)C(C)COC.CS(=O)(=O)c1ccc(C(=O)C2C(=O)CCCC2=O)c([N+](=O)[O-])c1.C[S+](C)C.O=C(O)CNCP(=O)([O-])O. The molecule has 3 unspecified atom stereocenters. The summed E-state index contributed by atoms with van der Waals surface area (Å²) >= 11 is 22.8. The maximum Gasteiger partial charge on any atom is 0.416 e. The van der Waals surface area contributed by atoms with Crippen molar-refractivity contribution in [1.82, 2.24) is 5.32 Å². The molecule has 1 saturated carbocycles. The number of rotatable bonds is 20. The van der Waals surface area contributed by atoms with E-state index in [1.165, 1.54) is 18.2 Å². The van der Waals surface area contributed by atoms with Crippen molar-refractivity contribution in [3.05, 3.63) is 145 Å². The van der Waals surface area contributed by atoms with Gasteiger partial charge in [-0.1, -0.05) is 72.1 Å². The number of methoxy groups -OCH3 is 1. The summed E-state index contributed by atoms with van der Waals surface area (Å²) in [7, 11) is -5.77. The first kappa shape index (κ1) is 85.1. The summed E-state index contributed by atoms with van der Waals surface area (Å²) in [6.45, 7) is 10.3. The first-order valence-corrected chi connectivity index (χ1v) is 36.3. The highest BCUT2D eigenvalue weighted by Gasteiger charge is 2.40. The molecule has 0 aromatic heterocycles. The number of sulfone groups is 1. The van der Waals surface area contributed by atoms with Crippen molar-refractivity contribution in [3.63, 3.8) is 0 Å². The third kappa shape index (κ3) is 27.5. The molecule has 96 heavy (non-hydrogen) atoms. The van der Waals surface area contributed by atoms with Crippen LogP contribution in [0, 0.1) is 33.1 Å². The summed E-state index contributed by atoms with van der Waals surface area (Å²) in [5.41, 5.74) is 1.61. The van der Waals surface area contributed by atoms with Crippen molar-refractivity contribution in [2.24, 2.45) is 5.92 Å². The molecule has 0 saturated heterocycles. The Kier molecular flexibility index (Phi) is 35.5. The predicted octanol–water partition coefficient (Wildman–Crippen LogP) is 11.0. The Labute approximate surface area is 575 Å². The zero-order valence-electron chi connectivity index (χ0n) is 53.6. The summed E-state index contributed by atoms with van der Waals surface area (Å²) in [5, 5.41) is 31.8. The molecule has 7 rings (SSSR count). The summed E-state index contributed by atoms with van der Waals surface area (Å²) in [6.07, 6.45) is 3.60. The first-order valence-electron chi connectivity index (χ1n) is 28.4. The minimum absolute atomic E-state index is 0.0111. The molecule has 25 nitrogen and oxygen atoms in total. The van der Waals surface area contributed by atoms with Gasteiger partial charge >= 0.3 is 17.8 Å². The number of hydrogen-bond donors (Lipinski definition) is 3. The fourth-order valence-electron chi connectivity index (χ4n) is 8.69. The van der Waals surface area contributed by atoms with Gasteiger partial charge in [0.05, 0.1) is 99.2 Å². The van der Waals surface area contributed by atoms with Gasteiger partial charge in [-0.05, 0) is 111 Å².